The van der Waals surface area contributed by atoms with Crippen LogP contribution in [-0.4, -0.2) is 72.0 Å². The van der Waals surface area contributed by atoms with Gasteiger partial charge in [-0.15, -0.1) is 5.10 Å². The predicted octanol–water partition coefficient (Wildman–Crippen LogP) is 0.969. The van der Waals surface area contributed by atoms with Gasteiger partial charge in [-0.25, -0.2) is 4.68 Å². The summed E-state index contributed by atoms with van der Waals surface area (Å²) in [5.74, 6) is 0.693. The zero-order valence-electron chi connectivity index (χ0n) is 14.1. The lowest BCUT2D eigenvalue weighted by atomic mass is 10.2. The molecule has 0 saturated heterocycles. The molecule has 0 spiro atoms. The van der Waals surface area contributed by atoms with Gasteiger partial charge in [-0.2, -0.15) is 0 Å². The molecule has 1 amide bonds. The van der Waals surface area contributed by atoms with Crippen molar-refractivity contribution in [2.45, 2.75) is 6.54 Å². The molecule has 0 fully saturated rings. The van der Waals surface area contributed by atoms with Crippen molar-refractivity contribution in [3.05, 3.63) is 41.7 Å². The number of rotatable bonds is 7. The summed E-state index contributed by atoms with van der Waals surface area (Å²) >= 11 is 0. The van der Waals surface area contributed by atoms with E-state index in [9.17, 15) is 4.79 Å². The van der Waals surface area contributed by atoms with Crippen molar-refractivity contribution in [1.29, 1.82) is 0 Å². The molecule has 0 radical (unpaired) electrons. The van der Waals surface area contributed by atoms with E-state index in [2.05, 4.69) is 10.3 Å². The van der Waals surface area contributed by atoms with Crippen LogP contribution in [0.2, 0.25) is 0 Å². The lowest BCUT2D eigenvalue weighted by Crippen LogP contribution is -2.33. The van der Waals surface area contributed by atoms with Crippen LogP contribution < -0.4 is 4.74 Å². The number of nitrogens with zero attached hydrogens (tertiary/aromatic N) is 5. The number of hydrogen-bond donors (Lipinski definition) is 0. The van der Waals surface area contributed by atoms with E-state index in [-0.39, 0.29) is 5.91 Å². The number of carbonyl (C=O) groups is 1. The molecular formula is C16H23N5O2. The molecule has 2 aromatic rings. The van der Waals surface area contributed by atoms with E-state index in [0.717, 1.165) is 17.9 Å². The van der Waals surface area contributed by atoms with Crippen molar-refractivity contribution < 1.29 is 9.53 Å². The maximum atomic E-state index is 12.3. The molecule has 7 nitrogen and oxygen atoms in total. The molecule has 1 heterocycles. The molecule has 0 unspecified atom stereocenters. The van der Waals surface area contributed by atoms with Gasteiger partial charge in [0, 0.05) is 20.1 Å². The molecule has 7 heteroatoms. The Labute approximate surface area is 136 Å². The average Bonchev–Trinajstić information content (AvgIpc) is 3.01. The minimum atomic E-state index is -0.118. The van der Waals surface area contributed by atoms with Crippen LogP contribution in [-0.2, 0) is 6.54 Å². The van der Waals surface area contributed by atoms with Gasteiger partial charge < -0.3 is 14.5 Å². The first-order valence-electron chi connectivity index (χ1n) is 7.43. The fourth-order valence-corrected chi connectivity index (χ4v) is 2.04. The first-order valence-corrected chi connectivity index (χ1v) is 7.43. The van der Waals surface area contributed by atoms with Crippen molar-refractivity contribution in [1.82, 2.24) is 24.8 Å². The van der Waals surface area contributed by atoms with Crippen molar-refractivity contribution in [3.63, 3.8) is 0 Å². The summed E-state index contributed by atoms with van der Waals surface area (Å²) in [6.45, 7) is 2.02. The van der Waals surface area contributed by atoms with Gasteiger partial charge in [0.1, 0.15) is 5.75 Å². The molecule has 2 rings (SSSR count). The number of amides is 1. The largest absolute Gasteiger partial charge is 0.497 e. The lowest BCUT2D eigenvalue weighted by molar-refractivity contribution is 0.0780. The zero-order chi connectivity index (χ0) is 16.8. The summed E-state index contributed by atoms with van der Waals surface area (Å²) in [5.41, 5.74) is 1.43. The fraction of sp³-hybridized carbons (Fsp3) is 0.438. The highest BCUT2D eigenvalue weighted by atomic mass is 16.5. The molecule has 0 aliphatic heterocycles. The summed E-state index contributed by atoms with van der Waals surface area (Å²) in [4.78, 5) is 16.0. The zero-order valence-corrected chi connectivity index (χ0v) is 14.1. The molecule has 1 aromatic carbocycles. The van der Waals surface area contributed by atoms with Crippen LogP contribution in [0, 0.1) is 0 Å². The third-order valence-corrected chi connectivity index (χ3v) is 3.49. The second-order valence-electron chi connectivity index (χ2n) is 5.68. The molecule has 124 valence electrons. The van der Waals surface area contributed by atoms with E-state index in [1.807, 2.05) is 43.3 Å². The van der Waals surface area contributed by atoms with Crippen LogP contribution in [0.5, 0.6) is 5.75 Å². The van der Waals surface area contributed by atoms with Gasteiger partial charge in [-0.05, 0) is 31.8 Å². The van der Waals surface area contributed by atoms with Crippen LogP contribution in [0.3, 0.4) is 0 Å². The molecule has 0 bridgehead atoms. The molecule has 0 aliphatic carbocycles. The second kappa shape index (κ2) is 7.73. The fourth-order valence-electron chi connectivity index (χ4n) is 2.04. The quantitative estimate of drug-likeness (QED) is 0.761. The third-order valence-electron chi connectivity index (χ3n) is 3.49. The normalized spacial score (nSPS) is 10.8. The Morgan fingerprint density at radius 2 is 1.87 bits per heavy atom. The van der Waals surface area contributed by atoms with E-state index in [1.165, 1.54) is 0 Å². The van der Waals surface area contributed by atoms with Crippen molar-refractivity contribution in [3.8, 4) is 5.75 Å². The lowest BCUT2D eigenvalue weighted by Gasteiger charge is -2.18. The van der Waals surface area contributed by atoms with Gasteiger partial charge in [-0.3, -0.25) is 4.79 Å². The summed E-state index contributed by atoms with van der Waals surface area (Å²) in [7, 11) is 7.36. The van der Waals surface area contributed by atoms with Crippen LogP contribution in [0.4, 0.5) is 0 Å². The number of methoxy groups -OCH3 is 1. The minimum Gasteiger partial charge on any atom is -0.497 e. The van der Waals surface area contributed by atoms with E-state index in [0.29, 0.717) is 18.8 Å². The monoisotopic (exact) mass is 317 g/mol. The van der Waals surface area contributed by atoms with Gasteiger partial charge in [0.25, 0.3) is 5.91 Å². The molecule has 23 heavy (non-hydrogen) atoms. The Morgan fingerprint density at radius 3 is 2.48 bits per heavy atom. The molecule has 0 N–H and O–H groups in total. The van der Waals surface area contributed by atoms with E-state index in [4.69, 9.17) is 4.74 Å². The van der Waals surface area contributed by atoms with Gasteiger partial charge in [-0.1, -0.05) is 17.3 Å². The van der Waals surface area contributed by atoms with Crippen LogP contribution >= 0.6 is 0 Å². The smallest absolute Gasteiger partial charge is 0.275 e. The highest BCUT2D eigenvalue weighted by molar-refractivity contribution is 5.91. The van der Waals surface area contributed by atoms with Crippen LogP contribution in [0.1, 0.15) is 16.1 Å². The van der Waals surface area contributed by atoms with Gasteiger partial charge >= 0.3 is 0 Å². The van der Waals surface area contributed by atoms with E-state index < -0.39 is 0 Å². The number of benzene rings is 1. The molecule has 1 aromatic heterocycles. The standard InChI is InChI=1S/C16H23N5O2/c1-19(2)9-10-20(3)16(22)15-12-21(18-17-15)11-13-5-7-14(23-4)8-6-13/h5-8,12H,9-11H2,1-4H3. The van der Waals surface area contributed by atoms with Gasteiger partial charge in [0.15, 0.2) is 5.69 Å². The molecular weight excluding hydrogens is 294 g/mol. The maximum Gasteiger partial charge on any atom is 0.275 e. The van der Waals surface area contributed by atoms with Gasteiger partial charge in [0.2, 0.25) is 0 Å². The molecule has 0 atom stereocenters. The second-order valence-corrected chi connectivity index (χ2v) is 5.68. The number of ether oxygens (including phenoxy) is 1. The van der Waals surface area contributed by atoms with E-state index >= 15 is 0 Å². The van der Waals surface area contributed by atoms with Crippen molar-refractivity contribution >= 4 is 5.91 Å². The predicted molar refractivity (Wildman–Crippen MR) is 87.6 cm³/mol. The molecule has 0 saturated carbocycles. The highest BCUT2D eigenvalue weighted by Gasteiger charge is 2.15. The third kappa shape index (κ3) is 4.79. The van der Waals surface area contributed by atoms with Crippen LogP contribution in [0.15, 0.2) is 30.5 Å². The first kappa shape index (κ1) is 17.0. The summed E-state index contributed by atoms with van der Waals surface area (Å²) in [6.07, 6.45) is 1.68. The summed E-state index contributed by atoms with van der Waals surface area (Å²) in [5, 5.41) is 8.01. The summed E-state index contributed by atoms with van der Waals surface area (Å²) in [6, 6.07) is 7.72. The maximum absolute atomic E-state index is 12.3. The number of aromatic nitrogens is 3. The van der Waals surface area contributed by atoms with E-state index in [1.54, 1.807) is 29.9 Å². The summed E-state index contributed by atoms with van der Waals surface area (Å²) < 4.78 is 6.79. The Kier molecular flexibility index (Phi) is 5.70. The van der Waals surface area contributed by atoms with Crippen molar-refractivity contribution in [2.24, 2.45) is 0 Å². The SMILES string of the molecule is COc1ccc(Cn2cc(C(=O)N(C)CCN(C)C)nn2)cc1. The Balaban J connectivity index is 1.97. The Hall–Kier alpha value is -2.41. The van der Waals surface area contributed by atoms with Gasteiger partial charge in [0.05, 0.1) is 19.9 Å². The Bertz CT molecular complexity index is 636. The molecule has 0 aliphatic rings. The highest BCUT2D eigenvalue weighted by Crippen LogP contribution is 2.12. The Morgan fingerprint density at radius 1 is 1.17 bits per heavy atom. The van der Waals surface area contributed by atoms with Crippen LogP contribution in [0.25, 0.3) is 0 Å². The number of likely N-dealkylation sites (N-methyl/N-ethyl adjacent to an activating group) is 2. The average molecular weight is 317 g/mol. The minimum absolute atomic E-state index is 0.118. The number of hydrogen-bond acceptors (Lipinski definition) is 5. The van der Waals surface area contributed by atoms with Crippen molar-refractivity contribution in [2.75, 3.05) is 41.3 Å². The number of carbonyl (C=O) groups excluding carboxylic acids is 1. The first-order chi connectivity index (χ1) is 11.0. The topological polar surface area (TPSA) is 63.5 Å².